The molecule has 0 unspecified atom stereocenters. The van der Waals surface area contributed by atoms with Crippen LogP contribution in [0.1, 0.15) is 12.5 Å². The second kappa shape index (κ2) is 8.00. The van der Waals surface area contributed by atoms with E-state index in [4.69, 9.17) is 0 Å². The maximum atomic E-state index is 12.4. The van der Waals surface area contributed by atoms with E-state index in [1.54, 1.807) is 17.4 Å². The highest BCUT2D eigenvalue weighted by Crippen LogP contribution is 2.32. The summed E-state index contributed by atoms with van der Waals surface area (Å²) in [5.74, 6) is -0.103. The average molecular weight is 408 g/mol. The number of rotatable bonds is 5. The van der Waals surface area contributed by atoms with E-state index in [1.165, 1.54) is 18.0 Å². The number of hydrogen-bond donors (Lipinski definition) is 2. The number of para-hydroxylation sites is 1. The third kappa shape index (κ3) is 3.85. The number of nitrogens with zero attached hydrogens (tertiary/aromatic N) is 2. The van der Waals surface area contributed by atoms with Gasteiger partial charge in [0.2, 0.25) is 0 Å². The fourth-order valence-electron chi connectivity index (χ4n) is 2.78. The van der Waals surface area contributed by atoms with Gasteiger partial charge in [0.05, 0.1) is 21.7 Å². The number of aromatic nitrogens is 1. The lowest BCUT2D eigenvalue weighted by Gasteiger charge is -2.07. The Hall–Kier alpha value is -2.90. The fraction of sp³-hybridized carbons (Fsp3) is 0.0952. The highest BCUT2D eigenvalue weighted by molar-refractivity contribution is 8.02. The number of fused-ring (bicyclic) bond motifs is 2. The predicted molar refractivity (Wildman–Crippen MR) is 116 cm³/mol. The van der Waals surface area contributed by atoms with Gasteiger partial charge in [-0.3, -0.25) is 4.79 Å². The van der Waals surface area contributed by atoms with Crippen LogP contribution in [0.4, 0.5) is 0 Å². The van der Waals surface area contributed by atoms with Gasteiger partial charge < -0.3 is 5.11 Å². The Morgan fingerprint density at radius 3 is 2.82 bits per heavy atom. The molecule has 28 heavy (non-hydrogen) atoms. The number of thioether (sulfide) groups is 1. The van der Waals surface area contributed by atoms with Gasteiger partial charge >= 0.3 is 0 Å². The van der Waals surface area contributed by atoms with Gasteiger partial charge in [-0.1, -0.05) is 54.2 Å². The first-order chi connectivity index (χ1) is 13.6. The maximum absolute atomic E-state index is 12.4. The molecule has 1 amide bonds. The molecular weight excluding hydrogens is 390 g/mol. The Kier molecular flexibility index (Phi) is 5.27. The van der Waals surface area contributed by atoms with E-state index in [-0.39, 0.29) is 16.9 Å². The molecule has 0 aliphatic carbocycles. The topological polar surface area (TPSA) is 74.6 Å². The molecule has 0 fully saturated rings. The van der Waals surface area contributed by atoms with Gasteiger partial charge in [-0.25, -0.2) is 10.4 Å². The smallest absolute Gasteiger partial charge is 0.253 e. The molecule has 0 aliphatic heterocycles. The molecule has 0 saturated carbocycles. The van der Waals surface area contributed by atoms with Gasteiger partial charge in [0.25, 0.3) is 5.91 Å². The van der Waals surface area contributed by atoms with Crippen molar-refractivity contribution in [3.63, 3.8) is 0 Å². The van der Waals surface area contributed by atoms with Gasteiger partial charge in [0, 0.05) is 5.56 Å². The molecule has 0 radical (unpaired) electrons. The van der Waals surface area contributed by atoms with Crippen LogP contribution in [-0.2, 0) is 4.79 Å². The number of hydrogen-bond acceptors (Lipinski definition) is 6. The average Bonchev–Trinajstić information content (AvgIpc) is 3.11. The summed E-state index contributed by atoms with van der Waals surface area (Å²) in [6.07, 6.45) is 1.48. The maximum Gasteiger partial charge on any atom is 0.253 e. The molecule has 140 valence electrons. The highest BCUT2D eigenvalue weighted by atomic mass is 32.2. The lowest BCUT2D eigenvalue weighted by atomic mass is 10.0. The number of nitrogens with one attached hydrogen (secondary N) is 1. The van der Waals surface area contributed by atoms with Crippen LogP contribution >= 0.6 is 23.1 Å². The van der Waals surface area contributed by atoms with E-state index in [0.717, 1.165) is 25.3 Å². The minimum absolute atomic E-state index is 0.119. The van der Waals surface area contributed by atoms with Crippen molar-refractivity contribution < 1.29 is 9.90 Å². The summed E-state index contributed by atoms with van der Waals surface area (Å²) in [5.41, 5.74) is 4.06. The predicted octanol–water partition coefficient (Wildman–Crippen LogP) is 4.79. The molecule has 0 bridgehead atoms. The number of amides is 1. The van der Waals surface area contributed by atoms with Crippen molar-refractivity contribution in [2.24, 2.45) is 5.10 Å². The summed E-state index contributed by atoms with van der Waals surface area (Å²) in [6.45, 7) is 1.82. The van der Waals surface area contributed by atoms with Crippen molar-refractivity contribution in [2.75, 3.05) is 0 Å². The zero-order valence-electron chi connectivity index (χ0n) is 15.0. The van der Waals surface area contributed by atoms with Crippen LogP contribution in [0, 0.1) is 0 Å². The van der Waals surface area contributed by atoms with Gasteiger partial charge in [-0.2, -0.15) is 5.10 Å². The number of phenolic OH excluding ortho intramolecular Hbond substituents is 1. The molecule has 5 nitrogen and oxygen atoms in total. The molecular formula is C21H17N3O2S2. The van der Waals surface area contributed by atoms with Crippen LogP contribution in [0.15, 0.2) is 70.1 Å². The summed E-state index contributed by atoms with van der Waals surface area (Å²) < 4.78 is 1.95. The first-order valence-electron chi connectivity index (χ1n) is 8.67. The first-order valence-corrected chi connectivity index (χ1v) is 10.4. The Morgan fingerprint density at radius 1 is 1.18 bits per heavy atom. The van der Waals surface area contributed by atoms with Crippen LogP contribution in [0.25, 0.3) is 21.0 Å². The normalized spacial score (nSPS) is 12.6. The zero-order chi connectivity index (χ0) is 19.5. The molecule has 4 aromatic rings. The second-order valence-corrected chi connectivity index (χ2v) is 8.78. The van der Waals surface area contributed by atoms with E-state index in [1.807, 2.05) is 61.5 Å². The molecule has 3 aromatic carbocycles. The summed E-state index contributed by atoms with van der Waals surface area (Å²) in [6, 6.07) is 19.1. The Bertz CT molecular complexity index is 1150. The number of aromatic hydroxyl groups is 1. The van der Waals surface area contributed by atoms with E-state index in [9.17, 15) is 9.90 Å². The number of thiazole rings is 1. The third-order valence-electron chi connectivity index (χ3n) is 4.24. The standard InChI is InChI=1S/C21H17N3O2S2/c1-13(27-21-23-17-8-4-5-9-19(17)28-21)20(26)24-22-12-16-15-7-3-2-6-14(15)10-11-18(16)25/h2-13,25H,1H3,(H,24,26)/b22-12-/t13-/m0/s1. The molecule has 1 atom stereocenters. The summed E-state index contributed by atoms with van der Waals surface area (Å²) in [5, 5.41) is 15.7. The zero-order valence-corrected chi connectivity index (χ0v) is 16.6. The van der Waals surface area contributed by atoms with Gasteiger partial charge in [-0.05, 0) is 35.9 Å². The van der Waals surface area contributed by atoms with Gasteiger partial charge in [0.1, 0.15) is 5.75 Å². The number of phenols is 1. The monoisotopic (exact) mass is 407 g/mol. The molecule has 7 heteroatoms. The quantitative estimate of drug-likeness (QED) is 0.283. The summed E-state index contributed by atoms with van der Waals surface area (Å²) >= 11 is 2.97. The van der Waals surface area contributed by atoms with E-state index < -0.39 is 0 Å². The number of carbonyl (C=O) groups is 1. The van der Waals surface area contributed by atoms with Gasteiger partial charge in [0.15, 0.2) is 4.34 Å². The Labute approximate surface area is 170 Å². The van der Waals surface area contributed by atoms with Crippen molar-refractivity contribution in [3.05, 3.63) is 66.2 Å². The van der Waals surface area contributed by atoms with Crippen molar-refractivity contribution in [2.45, 2.75) is 16.5 Å². The van der Waals surface area contributed by atoms with Crippen molar-refractivity contribution in [3.8, 4) is 5.75 Å². The Morgan fingerprint density at radius 2 is 1.96 bits per heavy atom. The molecule has 0 aliphatic rings. The van der Waals surface area contributed by atoms with Crippen molar-refractivity contribution >= 4 is 56.2 Å². The number of benzene rings is 3. The van der Waals surface area contributed by atoms with Crippen LogP contribution in [0.5, 0.6) is 5.75 Å². The molecule has 1 aromatic heterocycles. The highest BCUT2D eigenvalue weighted by Gasteiger charge is 2.16. The molecule has 1 heterocycles. The van der Waals surface area contributed by atoms with E-state index in [2.05, 4.69) is 15.5 Å². The molecule has 0 saturated heterocycles. The van der Waals surface area contributed by atoms with Crippen molar-refractivity contribution in [1.82, 2.24) is 10.4 Å². The SMILES string of the molecule is C[C@H](Sc1nc2ccccc2s1)C(=O)N/N=C\c1c(O)ccc2ccccc12. The lowest BCUT2D eigenvalue weighted by Crippen LogP contribution is -2.26. The fourth-order valence-corrected chi connectivity index (χ4v) is 4.98. The summed E-state index contributed by atoms with van der Waals surface area (Å²) in [4.78, 5) is 16.9. The minimum Gasteiger partial charge on any atom is -0.507 e. The van der Waals surface area contributed by atoms with Crippen LogP contribution in [0.2, 0.25) is 0 Å². The van der Waals surface area contributed by atoms with Crippen molar-refractivity contribution in [1.29, 1.82) is 0 Å². The number of hydrazone groups is 1. The molecule has 0 spiro atoms. The Balaban J connectivity index is 1.44. The minimum atomic E-state index is -0.348. The summed E-state index contributed by atoms with van der Waals surface area (Å²) in [7, 11) is 0. The van der Waals surface area contributed by atoms with Crippen LogP contribution < -0.4 is 5.43 Å². The van der Waals surface area contributed by atoms with Crippen LogP contribution in [-0.4, -0.2) is 27.5 Å². The molecule has 4 rings (SSSR count). The molecule has 2 N–H and O–H groups in total. The third-order valence-corrected chi connectivity index (χ3v) is 6.47. The van der Waals surface area contributed by atoms with Gasteiger partial charge in [-0.15, -0.1) is 11.3 Å². The second-order valence-electron chi connectivity index (χ2n) is 6.16. The van der Waals surface area contributed by atoms with E-state index >= 15 is 0 Å². The van der Waals surface area contributed by atoms with E-state index in [0.29, 0.717) is 5.56 Å². The lowest BCUT2D eigenvalue weighted by molar-refractivity contribution is -0.120. The van der Waals surface area contributed by atoms with Crippen LogP contribution in [0.3, 0.4) is 0 Å². The largest absolute Gasteiger partial charge is 0.507 e. The number of carbonyl (C=O) groups excluding carboxylic acids is 1. The first kappa shape index (κ1) is 18.5.